The van der Waals surface area contributed by atoms with Gasteiger partial charge in [0.15, 0.2) is 0 Å². The quantitative estimate of drug-likeness (QED) is 0.386. The van der Waals surface area contributed by atoms with Gasteiger partial charge in [0.2, 0.25) is 0 Å². The molecule has 0 aromatic heterocycles. The number of hydrogen-bond acceptors (Lipinski definition) is 7. The van der Waals surface area contributed by atoms with Crippen LogP contribution in [0.4, 0.5) is 0 Å². The summed E-state index contributed by atoms with van der Waals surface area (Å²) in [4.78, 5) is 11.4. The van der Waals surface area contributed by atoms with E-state index < -0.39 is 6.04 Å². The van der Waals surface area contributed by atoms with E-state index in [1.807, 2.05) is 6.26 Å². The molecule has 0 aliphatic heterocycles. The number of ether oxygens (including phenoxy) is 4. The van der Waals surface area contributed by atoms with Gasteiger partial charge < -0.3 is 24.7 Å². The standard InChI is InChI=1S/C12H25NO5S/c1-15-4-5-16-6-7-17-8-9-18-12(14)11(13)3-10-19-2/h11H,3-10,13H2,1-2H3. The second-order valence-electron chi connectivity index (χ2n) is 3.77. The number of hydrogen-bond donors (Lipinski definition) is 1. The summed E-state index contributed by atoms with van der Waals surface area (Å²) in [5.41, 5.74) is 5.65. The maximum atomic E-state index is 11.4. The summed E-state index contributed by atoms with van der Waals surface area (Å²) in [7, 11) is 1.62. The maximum Gasteiger partial charge on any atom is 0.323 e. The Bertz CT molecular complexity index is 218. The third-order valence-electron chi connectivity index (χ3n) is 2.21. The molecular formula is C12H25NO5S. The third kappa shape index (κ3) is 12.4. The minimum absolute atomic E-state index is 0.226. The molecule has 0 radical (unpaired) electrons. The number of carbonyl (C=O) groups excluding carboxylic acids is 1. The maximum absolute atomic E-state index is 11.4. The Morgan fingerprint density at radius 1 is 1.11 bits per heavy atom. The van der Waals surface area contributed by atoms with E-state index in [4.69, 9.17) is 24.7 Å². The highest BCUT2D eigenvalue weighted by Crippen LogP contribution is 2.00. The summed E-state index contributed by atoms with van der Waals surface area (Å²) >= 11 is 1.66. The van der Waals surface area contributed by atoms with Gasteiger partial charge in [-0.05, 0) is 18.4 Å². The smallest absolute Gasteiger partial charge is 0.323 e. The van der Waals surface area contributed by atoms with Gasteiger partial charge in [-0.15, -0.1) is 0 Å². The van der Waals surface area contributed by atoms with Gasteiger partial charge in [-0.3, -0.25) is 4.79 Å². The van der Waals surface area contributed by atoms with Crippen LogP contribution in [-0.4, -0.2) is 70.8 Å². The van der Waals surface area contributed by atoms with Crippen LogP contribution in [0.2, 0.25) is 0 Å². The first-order chi connectivity index (χ1) is 9.22. The number of nitrogens with two attached hydrogens (primary N) is 1. The lowest BCUT2D eigenvalue weighted by atomic mass is 10.2. The lowest BCUT2D eigenvalue weighted by Crippen LogP contribution is -2.33. The average molecular weight is 295 g/mol. The van der Waals surface area contributed by atoms with Crippen molar-refractivity contribution in [1.29, 1.82) is 0 Å². The van der Waals surface area contributed by atoms with Crippen molar-refractivity contribution in [3.05, 3.63) is 0 Å². The Hall–Kier alpha value is -0.340. The van der Waals surface area contributed by atoms with Crippen molar-refractivity contribution in [2.24, 2.45) is 5.73 Å². The first-order valence-corrected chi connectivity index (χ1v) is 7.67. The number of carbonyl (C=O) groups is 1. The first kappa shape index (κ1) is 18.7. The van der Waals surface area contributed by atoms with E-state index in [-0.39, 0.29) is 12.6 Å². The van der Waals surface area contributed by atoms with Gasteiger partial charge in [0.25, 0.3) is 0 Å². The van der Waals surface area contributed by atoms with Crippen LogP contribution in [0.15, 0.2) is 0 Å². The molecule has 0 aliphatic carbocycles. The number of thioether (sulfide) groups is 1. The van der Waals surface area contributed by atoms with Gasteiger partial charge in [0.1, 0.15) is 12.6 Å². The Labute approximate surface area is 119 Å². The van der Waals surface area contributed by atoms with Crippen molar-refractivity contribution in [2.75, 3.05) is 58.8 Å². The summed E-state index contributed by atoms with van der Waals surface area (Å²) in [6.07, 6.45) is 2.61. The first-order valence-electron chi connectivity index (χ1n) is 6.28. The summed E-state index contributed by atoms with van der Waals surface area (Å²) < 4.78 is 20.3. The van der Waals surface area contributed by atoms with Crippen molar-refractivity contribution in [1.82, 2.24) is 0 Å². The molecule has 0 bridgehead atoms. The molecule has 0 saturated heterocycles. The molecule has 0 saturated carbocycles. The van der Waals surface area contributed by atoms with Gasteiger partial charge in [-0.1, -0.05) is 0 Å². The highest BCUT2D eigenvalue weighted by Gasteiger charge is 2.13. The normalized spacial score (nSPS) is 12.4. The van der Waals surface area contributed by atoms with Crippen molar-refractivity contribution in [3.63, 3.8) is 0 Å². The molecule has 114 valence electrons. The molecule has 2 N–H and O–H groups in total. The lowest BCUT2D eigenvalue weighted by molar-refractivity contribution is -0.146. The molecule has 0 spiro atoms. The van der Waals surface area contributed by atoms with Crippen LogP contribution in [0.5, 0.6) is 0 Å². The fourth-order valence-electron chi connectivity index (χ4n) is 1.14. The Kier molecular flexibility index (Phi) is 13.8. The number of rotatable bonds is 13. The molecule has 0 aromatic carbocycles. The van der Waals surface area contributed by atoms with E-state index in [0.29, 0.717) is 39.5 Å². The van der Waals surface area contributed by atoms with Crippen molar-refractivity contribution >= 4 is 17.7 Å². The second-order valence-corrected chi connectivity index (χ2v) is 4.76. The molecule has 0 aliphatic rings. The van der Waals surface area contributed by atoms with Crippen LogP contribution in [0.25, 0.3) is 0 Å². The summed E-state index contributed by atoms with van der Waals surface area (Å²) in [5.74, 6) is 0.486. The van der Waals surface area contributed by atoms with E-state index in [1.165, 1.54) is 0 Å². The minimum atomic E-state index is -0.537. The molecule has 0 rings (SSSR count). The monoisotopic (exact) mass is 295 g/mol. The molecule has 0 heterocycles. The predicted molar refractivity (Wildman–Crippen MR) is 75.4 cm³/mol. The molecule has 6 nitrogen and oxygen atoms in total. The molecule has 0 aromatic rings. The largest absolute Gasteiger partial charge is 0.462 e. The van der Waals surface area contributed by atoms with E-state index in [0.717, 1.165) is 5.75 Å². The number of methoxy groups -OCH3 is 1. The zero-order valence-corrected chi connectivity index (χ0v) is 12.6. The zero-order chi connectivity index (χ0) is 14.3. The van der Waals surface area contributed by atoms with Crippen LogP contribution in [0, 0.1) is 0 Å². The highest BCUT2D eigenvalue weighted by molar-refractivity contribution is 7.98. The Morgan fingerprint density at radius 2 is 1.68 bits per heavy atom. The van der Waals surface area contributed by atoms with Crippen LogP contribution in [0.3, 0.4) is 0 Å². The summed E-state index contributed by atoms with van der Waals surface area (Å²) in [5, 5.41) is 0. The second kappa shape index (κ2) is 14.1. The van der Waals surface area contributed by atoms with Crippen LogP contribution in [-0.2, 0) is 23.7 Å². The van der Waals surface area contributed by atoms with E-state index >= 15 is 0 Å². The van der Waals surface area contributed by atoms with Gasteiger partial charge in [-0.2, -0.15) is 11.8 Å². The Balaban J connectivity index is 3.27. The topological polar surface area (TPSA) is 80.0 Å². The Morgan fingerprint density at radius 3 is 2.26 bits per heavy atom. The highest BCUT2D eigenvalue weighted by atomic mass is 32.2. The van der Waals surface area contributed by atoms with Crippen LogP contribution < -0.4 is 5.73 Å². The fraction of sp³-hybridized carbons (Fsp3) is 0.917. The van der Waals surface area contributed by atoms with Crippen LogP contribution in [0.1, 0.15) is 6.42 Å². The lowest BCUT2D eigenvalue weighted by Gasteiger charge is -2.11. The summed E-state index contributed by atoms with van der Waals surface area (Å²) in [6, 6.07) is -0.537. The summed E-state index contributed by atoms with van der Waals surface area (Å²) in [6.45, 7) is 2.69. The van der Waals surface area contributed by atoms with E-state index in [1.54, 1.807) is 18.9 Å². The molecule has 0 amide bonds. The van der Waals surface area contributed by atoms with Crippen LogP contribution >= 0.6 is 11.8 Å². The van der Waals surface area contributed by atoms with Crippen molar-refractivity contribution in [3.8, 4) is 0 Å². The van der Waals surface area contributed by atoms with Gasteiger partial charge >= 0.3 is 5.97 Å². The van der Waals surface area contributed by atoms with Crippen molar-refractivity contribution < 1.29 is 23.7 Å². The van der Waals surface area contributed by atoms with Crippen molar-refractivity contribution in [2.45, 2.75) is 12.5 Å². The molecular weight excluding hydrogens is 270 g/mol. The molecule has 19 heavy (non-hydrogen) atoms. The number of esters is 1. The zero-order valence-electron chi connectivity index (χ0n) is 11.8. The molecule has 0 fully saturated rings. The van der Waals surface area contributed by atoms with Gasteiger partial charge in [0.05, 0.1) is 33.0 Å². The third-order valence-corrected chi connectivity index (χ3v) is 2.86. The van der Waals surface area contributed by atoms with Gasteiger partial charge in [0, 0.05) is 7.11 Å². The van der Waals surface area contributed by atoms with E-state index in [9.17, 15) is 4.79 Å². The molecule has 7 heteroatoms. The van der Waals surface area contributed by atoms with E-state index in [2.05, 4.69) is 0 Å². The predicted octanol–water partition coefficient (Wildman–Crippen LogP) is 0.290. The van der Waals surface area contributed by atoms with Gasteiger partial charge in [-0.25, -0.2) is 0 Å². The minimum Gasteiger partial charge on any atom is -0.462 e. The SMILES string of the molecule is COCCOCCOCCOC(=O)C(N)CCSC. The average Bonchev–Trinajstić information content (AvgIpc) is 2.42. The molecule has 1 atom stereocenters. The fourth-order valence-corrected chi connectivity index (χ4v) is 1.62. The molecule has 1 unspecified atom stereocenters.